The van der Waals surface area contributed by atoms with Gasteiger partial charge in [0.2, 0.25) is 0 Å². The number of nitrogens with zero attached hydrogens (tertiary/aromatic N) is 2. The van der Waals surface area contributed by atoms with Crippen molar-refractivity contribution in [2.45, 2.75) is 32.9 Å². The Hall–Kier alpha value is -0.910. The van der Waals surface area contributed by atoms with Crippen LogP contribution < -0.4 is 10.2 Å². The van der Waals surface area contributed by atoms with E-state index in [9.17, 15) is 0 Å². The summed E-state index contributed by atoms with van der Waals surface area (Å²) in [5.41, 5.74) is 3.74. The van der Waals surface area contributed by atoms with Crippen LogP contribution in [0, 0.1) is 0 Å². The second kappa shape index (κ2) is 7.38. The van der Waals surface area contributed by atoms with E-state index in [4.69, 9.17) is 4.98 Å². The number of rotatable bonds is 6. The molecule has 0 atom stereocenters. The number of thiophene rings is 1. The van der Waals surface area contributed by atoms with E-state index in [1.54, 1.807) is 11.3 Å². The summed E-state index contributed by atoms with van der Waals surface area (Å²) < 4.78 is 1.17. The molecule has 0 aliphatic carbocycles. The van der Waals surface area contributed by atoms with Gasteiger partial charge in [0, 0.05) is 25.8 Å². The van der Waals surface area contributed by atoms with Gasteiger partial charge in [0.05, 0.1) is 3.79 Å². The van der Waals surface area contributed by atoms with Crippen molar-refractivity contribution in [1.29, 1.82) is 0 Å². The van der Waals surface area contributed by atoms with E-state index in [0.29, 0.717) is 5.92 Å². The first kappa shape index (κ1) is 16.5. The summed E-state index contributed by atoms with van der Waals surface area (Å²) in [5, 5.41) is 5.40. The van der Waals surface area contributed by atoms with Crippen LogP contribution >= 0.6 is 27.3 Å². The van der Waals surface area contributed by atoms with E-state index in [1.165, 1.54) is 14.9 Å². The highest BCUT2D eigenvalue weighted by Crippen LogP contribution is 2.24. The minimum absolute atomic E-state index is 0.434. The zero-order valence-corrected chi connectivity index (χ0v) is 15.4. The molecule has 114 valence electrons. The Balaban J connectivity index is 2.24. The van der Waals surface area contributed by atoms with E-state index in [2.05, 4.69) is 70.6 Å². The van der Waals surface area contributed by atoms with Gasteiger partial charge in [-0.1, -0.05) is 13.8 Å². The Labute approximate surface area is 139 Å². The van der Waals surface area contributed by atoms with Gasteiger partial charge in [0.25, 0.3) is 0 Å². The van der Waals surface area contributed by atoms with Gasteiger partial charge >= 0.3 is 0 Å². The largest absolute Gasteiger partial charge is 0.355 e. The normalized spacial score (nSPS) is 11.1. The van der Waals surface area contributed by atoms with Crippen LogP contribution in [0.5, 0.6) is 0 Å². The third-order valence-corrected chi connectivity index (χ3v) is 4.85. The highest BCUT2D eigenvalue weighted by atomic mass is 79.9. The maximum atomic E-state index is 4.81. The minimum atomic E-state index is 0.434. The Kier molecular flexibility index (Phi) is 5.79. The summed E-state index contributed by atoms with van der Waals surface area (Å²) in [4.78, 5) is 7.02. The van der Waals surface area contributed by atoms with E-state index < -0.39 is 0 Å². The lowest BCUT2D eigenvalue weighted by Gasteiger charge is -2.20. The van der Waals surface area contributed by atoms with Crippen molar-refractivity contribution in [1.82, 2.24) is 10.3 Å². The summed E-state index contributed by atoms with van der Waals surface area (Å²) in [7, 11) is 4.07. The van der Waals surface area contributed by atoms with Crippen molar-refractivity contribution in [2.75, 3.05) is 19.0 Å². The van der Waals surface area contributed by atoms with Gasteiger partial charge < -0.3 is 10.2 Å². The first-order chi connectivity index (χ1) is 9.99. The second-order valence-electron chi connectivity index (χ2n) is 5.56. The molecule has 2 heterocycles. The molecule has 2 aromatic rings. The van der Waals surface area contributed by atoms with Crippen molar-refractivity contribution in [2.24, 2.45) is 0 Å². The summed E-state index contributed by atoms with van der Waals surface area (Å²) >= 11 is 5.24. The molecule has 0 aliphatic rings. The van der Waals surface area contributed by atoms with Gasteiger partial charge in [0.15, 0.2) is 0 Å². The van der Waals surface area contributed by atoms with Crippen LogP contribution in [0.3, 0.4) is 0 Å². The monoisotopic (exact) mass is 367 g/mol. The van der Waals surface area contributed by atoms with Gasteiger partial charge in [-0.25, -0.2) is 4.98 Å². The third-order valence-electron chi connectivity index (χ3n) is 3.30. The molecule has 0 saturated carbocycles. The molecule has 0 amide bonds. The van der Waals surface area contributed by atoms with Crippen LogP contribution in [-0.2, 0) is 13.1 Å². The number of hydrogen-bond acceptors (Lipinski definition) is 4. The molecule has 0 fully saturated rings. The quantitative estimate of drug-likeness (QED) is 0.820. The molecule has 0 unspecified atom stereocenters. The maximum Gasteiger partial charge on any atom is 0.129 e. The highest BCUT2D eigenvalue weighted by Gasteiger charge is 2.10. The molecule has 0 aromatic carbocycles. The summed E-state index contributed by atoms with van der Waals surface area (Å²) in [6.07, 6.45) is 0. The van der Waals surface area contributed by atoms with E-state index in [0.717, 1.165) is 24.6 Å². The maximum absolute atomic E-state index is 4.81. The lowest BCUT2D eigenvalue weighted by molar-refractivity contribution is 0.777. The lowest BCUT2D eigenvalue weighted by atomic mass is 10.1. The van der Waals surface area contributed by atoms with Gasteiger partial charge in [-0.05, 0) is 63.6 Å². The van der Waals surface area contributed by atoms with Crippen molar-refractivity contribution in [3.8, 4) is 0 Å². The summed E-state index contributed by atoms with van der Waals surface area (Å²) in [5.74, 6) is 1.47. The van der Waals surface area contributed by atoms with Crippen LogP contribution in [0.15, 0.2) is 27.4 Å². The Morgan fingerprint density at radius 3 is 2.62 bits per heavy atom. The van der Waals surface area contributed by atoms with E-state index in [1.807, 2.05) is 7.05 Å². The molecule has 5 heteroatoms. The van der Waals surface area contributed by atoms with Crippen molar-refractivity contribution in [3.63, 3.8) is 0 Å². The number of aromatic nitrogens is 1. The van der Waals surface area contributed by atoms with Crippen molar-refractivity contribution in [3.05, 3.63) is 44.2 Å². The number of anilines is 1. The molecule has 0 bridgehead atoms. The number of halogens is 1. The van der Waals surface area contributed by atoms with E-state index >= 15 is 0 Å². The van der Waals surface area contributed by atoms with Gasteiger partial charge in [-0.3, -0.25) is 0 Å². The molecule has 2 rings (SSSR count). The van der Waals surface area contributed by atoms with E-state index in [-0.39, 0.29) is 0 Å². The predicted molar refractivity (Wildman–Crippen MR) is 95.2 cm³/mol. The van der Waals surface area contributed by atoms with Crippen LogP contribution in [0.1, 0.15) is 36.6 Å². The minimum Gasteiger partial charge on any atom is -0.355 e. The molecule has 1 N–H and O–H groups in total. The average molecular weight is 368 g/mol. The van der Waals surface area contributed by atoms with Crippen molar-refractivity contribution >= 4 is 33.1 Å². The average Bonchev–Trinajstić information content (AvgIpc) is 2.84. The smallest absolute Gasteiger partial charge is 0.129 e. The van der Waals surface area contributed by atoms with Crippen molar-refractivity contribution < 1.29 is 0 Å². The first-order valence-electron chi connectivity index (χ1n) is 7.09. The molecular formula is C16H22BrN3S. The Bertz CT molecular complexity index is 595. The standard InChI is InChI=1S/C16H22BrN3S/c1-11(2)14-5-12(8-18-3)7-16(19-14)20(4)9-13-6-15(17)21-10-13/h5-7,10-11,18H,8-9H2,1-4H3. The second-order valence-corrected chi connectivity index (χ2v) is 7.85. The molecule has 2 aromatic heterocycles. The Morgan fingerprint density at radius 1 is 1.29 bits per heavy atom. The van der Waals surface area contributed by atoms with Crippen LogP contribution in [0.2, 0.25) is 0 Å². The van der Waals surface area contributed by atoms with Gasteiger partial charge in [-0.15, -0.1) is 11.3 Å². The molecular weight excluding hydrogens is 346 g/mol. The number of hydrogen-bond donors (Lipinski definition) is 1. The van der Waals surface area contributed by atoms with Crippen LogP contribution in [-0.4, -0.2) is 19.1 Å². The third kappa shape index (κ3) is 4.53. The fourth-order valence-corrected chi connectivity index (χ4v) is 3.38. The Morgan fingerprint density at radius 2 is 2.05 bits per heavy atom. The number of pyridine rings is 1. The molecule has 21 heavy (non-hydrogen) atoms. The molecule has 0 spiro atoms. The molecule has 0 aliphatic heterocycles. The zero-order chi connectivity index (χ0) is 15.4. The first-order valence-corrected chi connectivity index (χ1v) is 8.76. The molecule has 0 saturated heterocycles. The predicted octanol–water partition coefficient (Wildman–Crippen LogP) is 4.38. The number of nitrogens with one attached hydrogen (secondary N) is 1. The highest BCUT2D eigenvalue weighted by molar-refractivity contribution is 9.11. The van der Waals surface area contributed by atoms with Crippen LogP contribution in [0.4, 0.5) is 5.82 Å². The van der Waals surface area contributed by atoms with Gasteiger partial charge in [0.1, 0.15) is 5.82 Å². The van der Waals surface area contributed by atoms with Crippen LogP contribution in [0.25, 0.3) is 0 Å². The fraction of sp³-hybridized carbons (Fsp3) is 0.438. The molecule has 3 nitrogen and oxygen atoms in total. The summed E-state index contributed by atoms with van der Waals surface area (Å²) in [6, 6.07) is 6.53. The lowest BCUT2D eigenvalue weighted by Crippen LogP contribution is -2.19. The summed E-state index contributed by atoms with van der Waals surface area (Å²) in [6.45, 7) is 6.11. The SMILES string of the molecule is CNCc1cc(C(C)C)nc(N(C)Cc2csc(Br)c2)c1. The topological polar surface area (TPSA) is 28.2 Å². The zero-order valence-electron chi connectivity index (χ0n) is 13.0. The fourth-order valence-electron chi connectivity index (χ4n) is 2.18. The van der Waals surface area contributed by atoms with Gasteiger partial charge in [-0.2, -0.15) is 0 Å². The molecule has 0 radical (unpaired) electrons.